The third-order valence-electron chi connectivity index (χ3n) is 18.6. The Kier molecular flexibility index (Phi) is 24.6. The first-order chi connectivity index (χ1) is 44.2. The van der Waals surface area contributed by atoms with E-state index in [1.807, 2.05) is 59.9 Å². The molecule has 0 aromatic heterocycles. The van der Waals surface area contributed by atoms with Gasteiger partial charge in [0, 0.05) is 73.5 Å². The molecule has 22 atom stereocenters. The predicted octanol–water partition coefficient (Wildman–Crippen LogP) is 5.43. The molecule has 3 unspecified atom stereocenters. The van der Waals surface area contributed by atoms with Gasteiger partial charge in [0.15, 0.2) is 30.4 Å². The van der Waals surface area contributed by atoms with E-state index in [0.29, 0.717) is 38.3 Å². The van der Waals surface area contributed by atoms with E-state index < -0.39 is 125 Å². The number of hydroxylamine groups is 1. The van der Waals surface area contributed by atoms with Crippen molar-refractivity contribution in [1.29, 1.82) is 0 Å². The summed E-state index contributed by atoms with van der Waals surface area (Å²) in [5, 5.41) is 61.4. The normalized spacial score (nSPS) is 37.6. The number of nitrogen functional groups attached to an aromatic ring is 1. The lowest BCUT2D eigenvalue weighted by Crippen LogP contribution is -2.69. The maximum Gasteiger partial charge on any atom is 0.229 e. The third kappa shape index (κ3) is 15.0. The zero-order chi connectivity index (χ0) is 67.6. The van der Waals surface area contributed by atoms with Crippen molar-refractivity contribution in [2.45, 2.75) is 208 Å². The second-order valence-electron chi connectivity index (χ2n) is 25.1. The molecule has 0 amide bonds. The average Bonchev–Trinajstić information content (AvgIpc) is 1.55. The monoisotopic (exact) mass is 1470 g/mol. The summed E-state index contributed by atoms with van der Waals surface area (Å²) in [6.07, 6.45) is -13.1. The fraction of sp³-hybridized carbons (Fsp3) is 0.652. The lowest BCUT2D eigenvalue weighted by atomic mass is 9.44. The quantitative estimate of drug-likeness (QED) is 0.0124. The summed E-state index contributed by atoms with van der Waals surface area (Å²) in [4.78, 5) is 48.2. The number of methoxy groups -OCH3 is 4. The lowest BCUT2D eigenvalue weighted by Gasteiger charge is -2.60. The van der Waals surface area contributed by atoms with E-state index in [9.17, 15) is 39.9 Å². The van der Waals surface area contributed by atoms with E-state index in [2.05, 4.69) is 48.3 Å². The van der Waals surface area contributed by atoms with Gasteiger partial charge in [-0.1, -0.05) is 82.2 Å². The number of aliphatic hydroxyl groups is 5. The first kappa shape index (κ1) is 73.6. The highest BCUT2D eigenvalue weighted by Crippen LogP contribution is 2.70. The van der Waals surface area contributed by atoms with E-state index in [1.54, 1.807) is 69.4 Å². The van der Waals surface area contributed by atoms with Crippen molar-refractivity contribution in [3.05, 3.63) is 67.8 Å². The van der Waals surface area contributed by atoms with E-state index >= 15 is 0 Å². The highest BCUT2D eigenvalue weighted by atomic mass is 127. The summed E-state index contributed by atoms with van der Waals surface area (Å²) in [6.45, 7) is 17.0. The molecule has 0 radical (unpaired) electrons. The Morgan fingerprint density at radius 3 is 2.26 bits per heavy atom. The van der Waals surface area contributed by atoms with Crippen molar-refractivity contribution < 1.29 is 96.9 Å². The SMILES string of the molecule is CCN[C@H]1CO[C@@H](O[C@H]2[C@H](O[C@H]3C#C/C=C(/C)C#CC45C(CC(C)=O)C(=O)C[C@]4(O)/C(=C/CSSC(C)(C)c4ccc(N)cc4)C35)O[C@H](C)[C@@H](NO[C@H]3C[C@H](O)[C@H](SC(=O)c4c(C)c(I)c(O[C@@H]5O[C@@H](C)[C@H](O)[C@@H](OC)[C@H]5O)c(OC)c4OC)[C@@H](C)O3)[C@@H]2O)C[C@@H]1OC. The number of benzene rings is 2. The van der Waals surface area contributed by atoms with Crippen LogP contribution < -0.4 is 30.7 Å². The van der Waals surface area contributed by atoms with Gasteiger partial charge in [0.1, 0.15) is 53.8 Å². The number of thioether (sulfide) groups is 1. The van der Waals surface area contributed by atoms with Crippen molar-refractivity contribution >= 4 is 78.3 Å². The Bertz CT molecular complexity index is 3220. The molecule has 4 heterocycles. The van der Waals surface area contributed by atoms with Crippen LogP contribution in [-0.2, 0) is 57.1 Å². The summed E-state index contributed by atoms with van der Waals surface area (Å²) in [5.74, 6) is 11.1. The van der Waals surface area contributed by atoms with Gasteiger partial charge in [0.05, 0.1) is 83.2 Å². The molecule has 9 rings (SSSR count). The van der Waals surface area contributed by atoms with Crippen LogP contribution in [0.5, 0.6) is 17.2 Å². The zero-order valence-corrected chi connectivity index (χ0v) is 59.1. The molecule has 4 aliphatic heterocycles. The smallest absolute Gasteiger partial charge is 0.229 e. The second-order valence-corrected chi connectivity index (χ2v) is 30.2. The van der Waals surface area contributed by atoms with Crippen molar-refractivity contribution in [3.8, 4) is 40.9 Å². The van der Waals surface area contributed by atoms with Gasteiger partial charge in [-0.15, -0.1) is 0 Å². The maximum absolute atomic E-state index is 14.5. The van der Waals surface area contributed by atoms with E-state index in [4.69, 9.17) is 62.7 Å². The van der Waals surface area contributed by atoms with Gasteiger partial charge in [-0.25, -0.2) is 0 Å². The van der Waals surface area contributed by atoms with Crippen molar-refractivity contribution in [1.82, 2.24) is 10.8 Å². The number of hydrogen-bond donors (Lipinski definition) is 8. The van der Waals surface area contributed by atoms with Crippen molar-refractivity contribution in [2.75, 3.05) is 53.1 Å². The molecular formula is C66H88IN3O20S3. The summed E-state index contributed by atoms with van der Waals surface area (Å²) in [6, 6.07) is 6.50. The number of ketones is 2. The molecule has 27 heteroatoms. The summed E-state index contributed by atoms with van der Waals surface area (Å²) >= 11 is 2.85. The van der Waals surface area contributed by atoms with Gasteiger partial charge in [-0.3, -0.25) is 14.4 Å². The van der Waals surface area contributed by atoms with Crippen LogP contribution in [0.2, 0.25) is 0 Å². The van der Waals surface area contributed by atoms with Crippen LogP contribution in [0.4, 0.5) is 5.69 Å². The molecule has 93 heavy (non-hydrogen) atoms. The number of aliphatic hydroxyl groups excluding tert-OH is 4. The van der Waals surface area contributed by atoms with Crippen molar-refractivity contribution in [3.63, 3.8) is 0 Å². The highest BCUT2D eigenvalue weighted by molar-refractivity contribution is 14.1. The first-order valence-electron chi connectivity index (χ1n) is 31.1. The number of hydrogen-bond acceptors (Lipinski definition) is 26. The van der Waals surface area contributed by atoms with E-state index in [-0.39, 0.29) is 83.6 Å². The topological polar surface area (TPSA) is 313 Å². The number of likely N-dealkylation sites (N-methyl/N-ethyl adjacent to an activating group) is 1. The number of carbonyl (C=O) groups excluding carboxylic acids is 3. The molecule has 2 saturated carbocycles. The van der Waals surface area contributed by atoms with Crippen LogP contribution in [0.3, 0.4) is 0 Å². The molecule has 3 aliphatic carbocycles. The largest absolute Gasteiger partial charge is 0.492 e. The standard InChI is InChI=1S/C66H88IN3O20S3/c1-14-69-41-30-83-46(28-45(41)79-10)88-58-53(75)51(70-90-47-27-42(72)60(36(7)84-47)92-61(77)48-33(4)50(67)56(59(82-13)55(48)80-11)89-62-54(76)57(81-12)52(74)35(6)86-62)34(5)85-63(58)87-44-17-15-16-31(2)22-24-65-40(26-32(3)71)43(73)29-66(65,78)39(49(44)65)23-25-91-93-64(8,9)37-18-20-38(68)21-19-37/h16,18-21,23,34-36,40-42,44-47,49,51-54,57-58,60,62-63,69-70,72,74-76,78H,14,25-30,68H2,1-13H3/b31-16-,39-23+/t34-,35+,36-,40?,41+,42+,44+,45+,46+,47+,49?,51-,52+,53+,54-,57-,58-,60-,62+,63+,65?,66+/m1/s1. The Balaban J connectivity index is 0.950. The summed E-state index contributed by atoms with van der Waals surface area (Å²) in [7, 11) is 8.91. The maximum atomic E-state index is 14.5. The Hall–Kier alpha value is -3.61. The van der Waals surface area contributed by atoms with Crippen LogP contribution in [-0.4, -0.2) is 205 Å². The number of anilines is 1. The molecule has 4 saturated heterocycles. The minimum absolute atomic E-state index is 0.0343. The van der Waals surface area contributed by atoms with Crippen LogP contribution in [0.1, 0.15) is 103 Å². The number of Topliss-reactive ketones (excluding diaryl/α,β-unsaturated/α-hetero) is 2. The van der Waals surface area contributed by atoms with Gasteiger partial charge in [-0.2, -0.15) is 5.48 Å². The molecule has 9 N–H and O–H groups in total. The molecule has 512 valence electrons. The summed E-state index contributed by atoms with van der Waals surface area (Å²) < 4.78 is 68.3. The lowest BCUT2D eigenvalue weighted by molar-refractivity contribution is -0.342. The van der Waals surface area contributed by atoms with E-state index in [0.717, 1.165) is 17.3 Å². The van der Waals surface area contributed by atoms with Crippen molar-refractivity contribution in [2.24, 2.45) is 17.3 Å². The number of rotatable bonds is 24. The van der Waals surface area contributed by atoms with Crippen LogP contribution in [0.15, 0.2) is 47.6 Å². The minimum atomic E-state index is -1.79. The molecule has 6 fully saturated rings. The third-order valence-corrected chi connectivity index (χ3v) is 24.3. The number of ether oxygens (including phenoxy) is 11. The number of halogens is 1. The fourth-order valence-electron chi connectivity index (χ4n) is 13.6. The highest BCUT2D eigenvalue weighted by Gasteiger charge is 2.78. The Morgan fingerprint density at radius 1 is 0.892 bits per heavy atom. The van der Waals surface area contributed by atoms with Gasteiger partial charge in [-0.05, 0) is 119 Å². The fourth-order valence-corrected chi connectivity index (χ4v) is 17.8. The molecule has 0 bridgehead atoms. The molecule has 2 aromatic rings. The minimum Gasteiger partial charge on any atom is -0.492 e. The number of allylic oxidation sites excluding steroid dienone is 2. The Morgan fingerprint density at radius 2 is 1.60 bits per heavy atom. The molecule has 2 aromatic carbocycles. The van der Waals surface area contributed by atoms with E-state index in [1.165, 1.54) is 28.3 Å². The molecule has 7 aliphatic rings. The predicted molar refractivity (Wildman–Crippen MR) is 357 cm³/mol. The second kappa shape index (κ2) is 31.1. The average molecular weight is 1470 g/mol. The van der Waals surface area contributed by atoms with Gasteiger partial charge in [0.2, 0.25) is 17.2 Å². The number of nitrogens with one attached hydrogen (secondary N) is 2. The zero-order valence-electron chi connectivity index (χ0n) is 54.5. The van der Waals surface area contributed by atoms with Gasteiger partial charge < -0.3 is 93.5 Å². The van der Waals surface area contributed by atoms with Crippen LogP contribution >= 0.6 is 55.9 Å². The number of carbonyl (C=O) groups is 3. The molecule has 1 spiro atoms. The molecule has 23 nitrogen and oxygen atoms in total. The first-order valence-corrected chi connectivity index (χ1v) is 35.4. The Labute approximate surface area is 569 Å². The van der Waals surface area contributed by atoms with Crippen LogP contribution in [0, 0.1) is 51.4 Å². The summed E-state index contributed by atoms with van der Waals surface area (Å²) in [5.41, 5.74) is 9.03. The van der Waals surface area contributed by atoms with Gasteiger partial charge in [0.25, 0.3) is 0 Å². The van der Waals surface area contributed by atoms with Crippen LogP contribution in [0.25, 0.3) is 0 Å². The molecular weight excluding hydrogens is 1380 g/mol. The van der Waals surface area contributed by atoms with Gasteiger partial charge >= 0.3 is 0 Å². The number of nitrogens with two attached hydrogens (primary N) is 1.